The summed E-state index contributed by atoms with van der Waals surface area (Å²) in [5, 5.41) is 10.6. The van der Waals surface area contributed by atoms with Gasteiger partial charge in [-0.3, -0.25) is 37.3 Å². The van der Waals surface area contributed by atoms with Crippen LogP contribution >= 0.6 is 15.6 Å². The molecule has 3 unspecified atom stereocenters. The minimum absolute atomic E-state index is 0.108. The van der Waals surface area contributed by atoms with Crippen molar-refractivity contribution in [1.29, 1.82) is 0 Å². The van der Waals surface area contributed by atoms with Crippen LogP contribution in [-0.4, -0.2) is 96.7 Å². The van der Waals surface area contributed by atoms with Crippen LogP contribution in [0.2, 0.25) is 0 Å². The molecule has 0 aromatic heterocycles. The molecule has 0 aliphatic heterocycles. The molecule has 3 N–H and O–H groups in total. The average molecular weight is 1420 g/mol. The Morgan fingerprint density at radius 2 is 0.526 bits per heavy atom. The van der Waals surface area contributed by atoms with Crippen molar-refractivity contribution < 1.29 is 80.2 Å². The van der Waals surface area contributed by atoms with Gasteiger partial charge < -0.3 is 33.8 Å². The third-order valence-corrected chi connectivity index (χ3v) is 20.5. The third-order valence-electron chi connectivity index (χ3n) is 18.6. The lowest BCUT2D eigenvalue weighted by atomic mass is 9.99. The first-order valence-electron chi connectivity index (χ1n) is 40.5. The fraction of sp³-hybridized carbons (Fsp3) is 0.949. The van der Waals surface area contributed by atoms with Crippen LogP contribution < -0.4 is 0 Å². The fourth-order valence-electron chi connectivity index (χ4n) is 12.0. The first-order valence-corrected chi connectivity index (χ1v) is 43.5. The highest BCUT2D eigenvalue weighted by atomic mass is 31.2. The molecule has 17 nitrogen and oxygen atoms in total. The van der Waals surface area contributed by atoms with E-state index < -0.39 is 97.5 Å². The molecule has 19 heteroatoms. The minimum Gasteiger partial charge on any atom is -0.462 e. The van der Waals surface area contributed by atoms with Gasteiger partial charge in [-0.05, 0) is 37.5 Å². The minimum atomic E-state index is -4.96. The molecule has 0 amide bonds. The number of unbranched alkanes of at least 4 members (excludes halogenated alkanes) is 46. The Hall–Kier alpha value is -1.94. The van der Waals surface area contributed by atoms with Crippen molar-refractivity contribution in [3.63, 3.8) is 0 Å². The summed E-state index contributed by atoms with van der Waals surface area (Å²) in [4.78, 5) is 72.8. The number of carbonyl (C=O) groups is 4. The third kappa shape index (κ3) is 70.9. The molecular weight excluding hydrogens is 1270 g/mol. The Balaban J connectivity index is 5.21. The molecule has 0 aromatic rings. The van der Waals surface area contributed by atoms with Crippen molar-refractivity contribution >= 4 is 39.5 Å². The highest BCUT2D eigenvalue weighted by molar-refractivity contribution is 7.47. The summed E-state index contributed by atoms with van der Waals surface area (Å²) in [6.07, 6.45) is 58.2. The predicted molar refractivity (Wildman–Crippen MR) is 395 cm³/mol. The van der Waals surface area contributed by atoms with E-state index in [1.807, 2.05) is 0 Å². The first-order chi connectivity index (χ1) is 46.9. The number of phosphoric ester groups is 2. The summed E-state index contributed by atoms with van der Waals surface area (Å²) in [6.45, 7) is 9.67. The summed E-state index contributed by atoms with van der Waals surface area (Å²) in [5.41, 5.74) is 0. The molecule has 0 aliphatic carbocycles. The summed E-state index contributed by atoms with van der Waals surface area (Å²) in [7, 11) is -9.91. The standard InChI is InChI=1S/C78H152O17P2/c1-7-10-12-14-16-18-19-25-33-38-44-50-56-62-77(82)94-73(66-88-75(80)60-54-48-42-17-15-13-11-8-2)68-92-96(84,85)90-64-72(79)65-91-97(86,87)93-69-74(95-78(83)63-57-51-45-39-34-29-22-20-21-26-30-35-40-46-52-58-70(4)5)67-89-76(81)61-55-49-43-37-32-28-24-23-27-31-36-41-47-53-59-71(6)9-3/h70-74,79H,7-69H2,1-6H3,(H,84,85)(H,86,87)/t71?,72-,73+,74+/m0/s1. The van der Waals surface area contributed by atoms with Crippen molar-refractivity contribution in [2.75, 3.05) is 39.6 Å². The Bertz CT molecular complexity index is 1870. The Morgan fingerprint density at radius 3 is 0.784 bits per heavy atom. The molecule has 0 aliphatic rings. The summed E-state index contributed by atoms with van der Waals surface area (Å²) in [5.74, 6) is -0.461. The maximum atomic E-state index is 13.1. The highest BCUT2D eigenvalue weighted by Gasteiger charge is 2.30. The first kappa shape index (κ1) is 95.1. The van der Waals surface area contributed by atoms with Gasteiger partial charge in [0.25, 0.3) is 0 Å². The molecule has 0 spiro atoms. The number of aliphatic hydroxyl groups is 1. The molecule has 0 heterocycles. The SMILES string of the molecule is CCCCCCCCCCCCCCCC(=O)O[C@H](COC(=O)CCCCCCCCCC)COP(=O)(O)OC[C@H](O)COP(=O)(O)OC[C@@H](COC(=O)CCCCCCCCCCCCCCCCC(C)CC)OC(=O)CCCCCCCCCCCCCCCCCC(C)C. The van der Waals surface area contributed by atoms with Crippen LogP contribution in [-0.2, 0) is 65.4 Å². The van der Waals surface area contributed by atoms with Gasteiger partial charge in [-0.15, -0.1) is 0 Å². The van der Waals surface area contributed by atoms with Crippen molar-refractivity contribution in [3.05, 3.63) is 0 Å². The van der Waals surface area contributed by atoms with Crippen LogP contribution in [0.1, 0.15) is 408 Å². The van der Waals surface area contributed by atoms with E-state index in [4.69, 9.17) is 37.0 Å². The monoisotopic (exact) mass is 1420 g/mol. The van der Waals surface area contributed by atoms with Crippen LogP contribution in [0.25, 0.3) is 0 Å². The molecule has 0 aromatic carbocycles. The van der Waals surface area contributed by atoms with Gasteiger partial charge in [-0.1, -0.05) is 356 Å². The fourth-order valence-corrected chi connectivity index (χ4v) is 13.6. The van der Waals surface area contributed by atoms with Crippen molar-refractivity contribution in [2.45, 2.75) is 426 Å². The molecule has 0 saturated carbocycles. The van der Waals surface area contributed by atoms with E-state index in [9.17, 15) is 43.2 Å². The zero-order valence-electron chi connectivity index (χ0n) is 63.4. The van der Waals surface area contributed by atoms with E-state index in [1.165, 1.54) is 218 Å². The molecule has 0 bridgehead atoms. The number of ether oxygens (including phenoxy) is 4. The molecule has 0 rings (SSSR count). The van der Waals surface area contributed by atoms with Crippen LogP contribution in [0.4, 0.5) is 0 Å². The predicted octanol–water partition coefficient (Wildman–Crippen LogP) is 23.1. The van der Waals surface area contributed by atoms with Gasteiger partial charge in [-0.25, -0.2) is 9.13 Å². The number of carbonyl (C=O) groups excluding carboxylic acids is 4. The maximum absolute atomic E-state index is 13.1. The van der Waals surface area contributed by atoms with Crippen LogP contribution in [0.15, 0.2) is 0 Å². The van der Waals surface area contributed by atoms with Crippen molar-refractivity contribution in [1.82, 2.24) is 0 Å². The zero-order valence-corrected chi connectivity index (χ0v) is 65.2. The number of esters is 4. The van der Waals surface area contributed by atoms with Crippen molar-refractivity contribution in [2.24, 2.45) is 11.8 Å². The van der Waals surface area contributed by atoms with Crippen LogP contribution in [0.3, 0.4) is 0 Å². The van der Waals surface area contributed by atoms with Gasteiger partial charge in [0.05, 0.1) is 26.4 Å². The van der Waals surface area contributed by atoms with Gasteiger partial charge in [0.2, 0.25) is 0 Å². The number of rotatable bonds is 77. The molecule has 0 radical (unpaired) electrons. The van der Waals surface area contributed by atoms with Gasteiger partial charge in [0, 0.05) is 25.7 Å². The van der Waals surface area contributed by atoms with Gasteiger partial charge >= 0.3 is 39.5 Å². The Labute approximate surface area is 594 Å². The second-order valence-corrected chi connectivity index (χ2v) is 31.7. The largest absolute Gasteiger partial charge is 0.472 e. The molecule has 6 atom stereocenters. The zero-order chi connectivity index (χ0) is 71.4. The van der Waals surface area contributed by atoms with E-state index in [1.54, 1.807) is 0 Å². The van der Waals surface area contributed by atoms with E-state index in [-0.39, 0.29) is 25.7 Å². The second kappa shape index (κ2) is 69.8. The topological polar surface area (TPSA) is 237 Å². The lowest BCUT2D eigenvalue weighted by Gasteiger charge is -2.21. The second-order valence-electron chi connectivity index (χ2n) is 28.8. The molecule has 97 heavy (non-hydrogen) atoms. The Morgan fingerprint density at radius 1 is 0.299 bits per heavy atom. The highest BCUT2D eigenvalue weighted by Crippen LogP contribution is 2.45. The maximum Gasteiger partial charge on any atom is 0.472 e. The van der Waals surface area contributed by atoms with Crippen molar-refractivity contribution in [3.8, 4) is 0 Å². The number of aliphatic hydroxyl groups excluding tert-OH is 1. The number of hydrogen-bond acceptors (Lipinski definition) is 15. The smallest absolute Gasteiger partial charge is 0.462 e. The van der Waals surface area contributed by atoms with Gasteiger partial charge in [-0.2, -0.15) is 0 Å². The normalized spacial score (nSPS) is 14.2. The van der Waals surface area contributed by atoms with Crippen LogP contribution in [0.5, 0.6) is 0 Å². The van der Waals surface area contributed by atoms with E-state index in [2.05, 4.69) is 41.5 Å². The summed E-state index contributed by atoms with van der Waals surface area (Å²) >= 11 is 0. The molecular formula is C78H152O17P2. The lowest BCUT2D eigenvalue weighted by molar-refractivity contribution is -0.161. The van der Waals surface area contributed by atoms with E-state index in [0.29, 0.717) is 25.7 Å². The molecule has 0 saturated heterocycles. The average Bonchev–Trinajstić information content (AvgIpc) is 1.51. The quantitative estimate of drug-likeness (QED) is 0.0222. The summed E-state index contributed by atoms with van der Waals surface area (Å²) in [6, 6.07) is 0. The lowest BCUT2D eigenvalue weighted by Crippen LogP contribution is -2.30. The van der Waals surface area contributed by atoms with Gasteiger partial charge in [0.15, 0.2) is 12.2 Å². The Kier molecular flexibility index (Phi) is 68.4. The van der Waals surface area contributed by atoms with Crippen LogP contribution in [0, 0.1) is 11.8 Å². The number of phosphoric acid groups is 2. The van der Waals surface area contributed by atoms with Gasteiger partial charge in [0.1, 0.15) is 19.3 Å². The molecule has 0 fully saturated rings. The van der Waals surface area contributed by atoms with E-state index in [0.717, 1.165) is 108 Å². The summed E-state index contributed by atoms with van der Waals surface area (Å²) < 4.78 is 68.5. The van der Waals surface area contributed by atoms with E-state index >= 15 is 0 Å². The molecule has 576 valence electrons. The number of hydrogen-bond donors (Lipinski definition) is 3.